The number of aryl methyl sites for hydroxylation is 2. The highest BCUT2D eigenvalue weighted by Gasteiger charge is 2.09. The number of fused-ring (bicyclic) bond motifs is 1. The lowest BCUT2D eigenvalue weighted by atomic mass is 10.2. The third-order valence-corrected chi connectivity index (χ3v) is 6.43. The molecule has 0 bridgehead atoms. The average molecular weight is 498 g/mol. The Kier molecular flexibility index (Phi) is 7.33. The van der Waals surface area contributed by atoms with Crippen molar-refractivity contribution in [2.24, 2.45) is 5.10 Å². The maximum Gasteiger partial charge on any atom is 0.250 e. The zero-order valence-corrected chi connectivity index (χ0v) is 20.4. The first kappa shape index (κ1) is 23.3. The van der Waals surface area contributed by atoms with Gasteiger partial charge in [-0.25, -0.2) is 15.4 Å². The summed E-state index contributed by atoms with van der Waals surface area (Å²) in [5.74, 6) is -0.0437. The number of carbonyl (C=O) groups is 1. The number of hydrogen-bond donors (Lipinski definition) is 1. The van der Waals surface area contributed by atoms with E-state index in [2.05, 4.69) is 25.1 Å². The Bertz CT molecular complexity index is 1330. The first-order valence-corrected chi connectivity index (χ1v) is 11.9. The van der Waals surface area contributed by atoms with Gasteiger partial charge in [-0.1, -0.05) is 59.2 Å². The number of carbonyl (C=O) groups excluding carboxylic acids is 1. The van der Waals surface area contributed by atoms with Crippen molar-refractivity contribution in [1.29, 1.82) is 0 Å². The van der Waals surface area contributed by atoms with Gasteiger partial charge in [-0.05, 0) is 43.7 Å². The quantitative estimate of drug-likeness (QED) is 0.155. The summed E-state index contributed by atoms with van der Waals surface area (Å²) in [7, 11) is 0. The number of benzene rings is 2. The number of nitrogens with zero attached hydrogens (tertiary/aromatic N) is 4. The van der Waals surface area contributed by atoms with Crippen LogP contribution in [0.3, 0.4) is 0 Å². The summed E-state index contributed by atoms with van der Waals surface area (Å²) in [5, 5.41) is 6.83. The molecule has 1 amide bonds. The van der Waals surface area contributed by atoms with E-state index in [1.54, 1.807) is 12.3 Å². The van der Waals surface area contributed by atoms with E-state index in [-0.39, 0.29) is 11.7 Å². The van der Waals surface area contributed by atoms with Crippen LogP contribution in [0.25, 0.3) is 10.9 Å². The molecule has 0 unspecified atom stereocenters. The second kappa shape index (κ2) is 10.4. The molecular formula is C24H21Cl2N5OS. The van der Waals surface area contributed by atoms with E-state index in [9.17, 15) is 4.79 Å². The maximum atomic E-state index is 12.2. The largest absolute Gasteiger partial charge is 0.342 e. The highest BCUT2D eigenvalue weighted by Crippen LogP contribution is 2.25. The first-order chi connectivity index (χ1) is 15.9. The second-order valence-electron chi connectivity index (χ2n) is 7.49. The SMILES string of the molecule is Cc1cc(C)nc(SCC(=O)N/N=C\c2cn(Cc3ccc(Cl)c(Cl)c3)c3ccccc23)n1. The molecule has 4 aromatic rings. The molecular weight excluding hydrogens is 477 g/mol. The fraction of sp³-hybridized carbons (Fsp3) is 0.167. The lowest BCUT2D eigenvalue weighted by molar-refractivity contribution is -0.118. The van der Waals surface area contributed by atoms with Crippen LogP contribution in [0.1, 0.15) is 22.5 Å². The van der Waals surface area contributed by atoms with Crippen molar-refractivity contribution in [2.75, 3.05) is 5.75 Å². The molecule has 2 aromatic heterocycles. The highest BCUT2D eigenvalue weighted by molar-refractivity contribution is 7.99. The van der Waals surface area contributed by atoms with Gasteiger partial charge in [0.05, 0.1) is 22.0 Å². The van der Waals surface area contributed by atoms with Crippen molar-refractivity contribution in [3.8, 4) is 0 Å². The molecule has 2 heterocycles. The van der Waals surface area contributed by atoms with E-state index in [0.29, 0.717) is 21.7 Å². The van der Waals surface area contributed by atoms with Gasteiger partial charge in [-0.3, -0.25) is 4.79 Å². The maximum absolute atomic E-state index is 12.2. The summed E-state index contributed by atoms with van der Waals surface area (Å²) in [6, 6.07) is 15.5. The van der Waals surface area contributed by atoms with Crippen molar-refractivity contribution in [3.63, 3.8) is 0 Å². The van der Waals surface area contributed by atoms with E-state index < -0.39 is 0 Å². The summed E-state index contributed by atoms with van der Waals surface area (Å²) in [6.07, 6.45) is 3.66. The van der Waals surface area contributed by atoms with Crippen LogP contribution in [0.15, 0.2) is 65.0 Å². The van der Waals surface area contributed by atoms with Crippen LogP contribution in [0.5, 0.6) is 0 Å². The topological polar surface area (TPSA) is 72.2 Å². The second-order valence-corrected chi connectivity index (χ2v) is 9.25. The Morgan fingerprint density at radius 1 is 1.09 bits per heavy atom. The van der Waals surface area contributed by atoms with Crippen LogP contribution in [0, 0.1) is 13.8 Å². The fourth-order valence-corrected chi connectivity index (χ4v) is 4.50. The Morgan fingerprint density at radius 3 is 2.61 bits per heavy atom. The number of aromatic nitrogens is 3. The summed E-state index contributed by atoms with van der Waals surface area (Å²) in [6.45, 7) is 4.44. The minimum atomic E-state index is -0.224. The molecule has 4 rings (SSSR count). The van der Waals surface area contributed by atoms with Gasteiger partial charge < -0.3 is 4.57 Å². The number of rotatable bonds is 7. The summed E-state index contributed by atoms with van der Waals surface area (Å²) < 4.78 is 2.12. The van der Waals surface area contributed by atoms with Crippen molar-refractivity contribution in [2.45, 2.75) is 25.5 Å². The molecule has 0 radical (unpaired) electrons. The average Bonchev–Trinajstić information content (AvgIpc) is 3.12. The van der Waals surface area contributed by atoms with Crippen LogP contribution < -0.4 is 5.43 Å². The fourth-order valence-electron chi connectivity index (χ4n) is 3.44. The van der Waals surface area contributed by atoms with Crippen LogP contribution in [-0.4, -0.2) is 32.4 Å². The minimum absolute atomic E-state index is 0.180. The van der Waals surface area contributed by atoms with E-state index >= 15 is 0 Å². The Hall–Kier alpha value is -2.87. The molecule has 0 aliphatic heterocycles. The number of halogens is 2. The summed E-state index contributed by atoms with van der Waals surface area (Å²) >= 11 is 13.5. The summed E-state index contributed by atoms with van der Waals surface area (Å²) in [5.41, 5.74) is 7.32. The molecule has 6 nitrogen and oxygen atoms in total. The third kappa shape index (κ3) is 5.93. The molecule has 0 spiro atoms. The zero-order chi connectivity index (χ0) is 23.4. The summed E-state index contributed by atoms with van der Waals surface area (Å²) in [4.78, 5) is 20.9. The number of hydrogen-bond acceptors (Lipinski definition) is 5. The number of thioether (sulfide) groups is 1. The van der Waals surface area contributed by atoms with Gasteiger partial charge in [0.25, 0.3) is 5.91 Å². The standard InChI is InChI=1S/C24H21Cl2N5OS/c1-15-9-16(2)29-24(28-15)33-14-23(32)30-27-11-18-13-31(22-6-4-3-5-19(18)22)12-17-7-8-20(25)21(26)10-17/h3-11,13H,12,14H2,1-2H3,(H,30,32)/b27-11-. The van der Waals surface area contributed by atoms with Crippen molar-refractivity contribution >= 4 is 58.0 Å². The molecule has 2 aromatic carbocycles. The molecule has 168 valence electrons. The van der Waals surface area contributed by atoms with Gasteiger partial charge in [0.1, 0.15) is 0 Å². The Morgan fingerprint density at radius 2 is 1.85 bits per heavy atom. The number of hydrazone groups is 1. The van der Waals surface area contributed by atoms with Crippen molar-refractivity contribution in [3.05, 3.63) is 87.3 Å². The van der Waals surface area contributed by atoms with Crippen LogP contribution in [0.2, 0.25) is 10.0 Å². The normalized spacial score (nSPS) is 11.4. The van der Waals surface area contributed by atoms with Gasteiger partial charge in [-0.2, -0.15) is 5.10 Å². The molecule has 1 N–H and O–H groups in total. The molecule has 33 heavy (non-hydrogen) atoms. The Labute approximate surface area is 206 Å². The van der Waals surface area contributed by atoms with E-state index in [1.165, 1.54) is 11.8 Å². The smallest absolute Gasteiger partial charge is 0.250 e. The van der Waals surface area contributed by atoms with Gasteiger partial charge in [0, 0.05) is 40.6 Å². The van der Waals surface area contributed by atoms with Gasteiger partial charge in [0.15, 0.2) is 5.16 Å². The van der Waals surface area contributed by atoms with Crippen molar-refractivity contribution < 1.29 is 4.79 Å². The predicted octanol–water partition coefficient (Wildman–Crippen LogP) is 5.65. The number of nitrogens with one attached hydrogen (secondary N) is 1. The van der Waals surface area contributed by atoms with Crippen molar-refractivity contribution in [1.82, 2.24) is 20.0 Å². The van der Waals surface area contributed by atoms with Gasteiger partial charge >= 0.3 is 0 Å². The van der Waals surface area contributed by atoms with E-state index in [1.807, 2.05) is 62.5 Å². The monoisotopic (exact) mass is 497 g/mol. The number of para-hydroxylation sites is 1. The molecule has 0 atom stereocenters. The molecule has 0 aliphatic carbocycles. The number of amides is 1. The van der Waals surface area contributed by atoms with E-state index in [0.717, 1.165) is 33.4 Å². The molecule has 0 fully saturated rings. The zero-order valence-electron chi connectivity index (χ0n) is 18.0. The Balaban J connectivity index is 1.44. The minimum Gasteiger partial charge on any atom is -0.342 e. The third-order valence-electron chi connectivity index (χ3n) is 4.84. The first-order valence-electron chi connectivity index (χ1n) is 10.2. The highest BCUT2D eigenvalue weighted by atomic mass is 35.5. The van der Waals surface area contributed by atoms with Crippen LogP contribution in [-0.2, 0) is 11.3 Å². The van der Waals surface area contributed by atoms with Crippen LogP contribution in [0.4, 0.5) is 0 Å². The molecule has 9 heteroatoms. The van der Waals surface area contributed by atoms with E-state index in [4.69, 9.17) is 23.2 Å². The predicted molar refractivity (Wildman–Crippen MR) is 135 cm³/mol. The molecule has 0 saturated heterocycles. The molecule has 0 saturated carbocycles. The van der Waals surface area contributed by atoms with Gasteiger partial charge in [0.2, 0.25) is 0 Å². The molecule has 0 aliphatic rings. The van der Waals surface area contributed by atoms with Gasteiger partial charge in [-0.15, -0.1) is 0 Å². The van der Waals surface area contributed by atoms with Crippen LogP contribution >= 0.6 is 35.0 Å². The lowest BCUT2D eigenvalue weighted by Crippen LogP contribution is -2.19. The lowest BCUT2D eigenvalue weighted by Gasteiger charge is -2.06.